The molecule has 1 aromatic rings. The fourth-order valence-corrected chi connectivity index (χ4v) is 4.30. The number of aliphatic hydroxyl groups is 1. The highest BCUT2D eigenvalue weighted by atomic mass is 16.3. The quantitative estimate of drug-likeness (QED) is 0.929. The summed E-state index contributed by atoms with van der Waals surface area (Å²) in [7, 11) is 0. The summed E-state index contributed by atoms with van der Waals surface area (Å²) in [5.74, 6) is 0.465. The van der Waals surface area contributed by atoms with Crippen LogP contribution in [0.2, 0.25) is 0 Å². The highest BCUT2D eigenvalue weighted by molar-refractivity contribution is 5.77. The molecule has 4 nitrogen and oxygen atoms in total. The van der Waals surface area contributed by atoms with Gasteiger partial charge in [0.15, 0.2) is 0 Å². The van der Waals surface area contributed by atoms with Gasteiger partial charge in [-0.25, -0.2) is 0 Å². The molecule has 1 aliphatic heterocycles. The Morgan fingerprint density at radius 1 is 1.41 bits per heavy atom. The van der Waals surface area contributed by atoms with E-state index in [0.717, 1.165) is 50.6 Å². The Morgan fingerprint density at radius 2 is 2.27 bits per heavy atom. The molecule has 1 amide bonds. The van der Waals surface area contributed by atoms with E-state index in [2.05, 4.69) is 0 Å². The van der Waals surface area contributed by atoms with E-state index in [1.807, 2.05) is 17.9 Å². The lowest BCUT2D eigenvalue weighted by Crippen LogP contribution is -2.50. The van der Waals surface area contributed by atoms with Gasteiger partial charge in [0, 0.05) is 24.9 Å². The van der Waals surface area contributed by atoms with Crippen LogP contribution in [0, 0.1) is 5.92 Å². The second kappa shape index (κ2) is 6.45. The van der Waals surface area contributed by atoms with Gasteiger partial charge in [0.2, 0.25) is 5.91 Å². The second-order valence-electron chi connectivity index (χ2n) is 7.14. The van der Waals surface area contributed by atoms with Crippen molar-refractivity contribution in [1.29, 1.82) is 0 Å². The number of rotatable bonds is 4. The van der Waals surface area contributed by atoms with Crippen molar-refractivity contribution in [3.63, 3.8) is 0 Å². The first-order chi connectivity index (χ1) is 10.6. The number of nitrogens with zero attached hydrogens (tertiary/aromatic N) is 1. The van der Waals surface area contributed by atoms with E-state index >= 15 is 0 Å². The number of aryl methyl sites for hydroxylation is 1. The molecule has 3 rings (SSSR count). The van der Waals surface area contributed by atoms with Crippen molar-refractivity contribution in [2.24, 2.45) is 5.92 Å². The van der Waals surface area contributed by atoms with E-state index in [4.69, 9.17) is 4.42 Å². The molecule has 1 aliphatic carbocycles. The summed E-state index contributed by atoms with van der Waals surface area (Å²) >= 11 is 0. The van der Waals surface area contributed by atoms with E-state index in [1.165, 1.54) is 6.42 Å². The smallest absolute Gasteiger partial charge is 0.223 e. The summed E-state index contributed by atoms with van der Waals surface area (Å²) in [5, 5.41) is 10.7. The van der Waals surface area contributed by atoms with Crippen LogP contribution in [-0.2, 0) is 11.2 Å². The monoisotopic (exact) mass is 305 g/mol. The lowest BCUT2D eigenvalue weighted by molar-refractivity contribution is -0.136. The third kappa shape index (κ3) is 3.22. The number of furan rings is 1. The maximum absolute atomic E-state index is 12.6. The molecule has 1 saturated carbocycles. The number of hydrogen-bond acceptors (Lipinski definition) is 3. The summed E-state index contributed by atoms with van der Waals surface area (Å²) in [6, 6.07) is 2.15. The average Bonchev–Trinajstić information content (AvgIpc) is 3.15. The van der Waals surface area contributed by atoms with Gasteiger partial charge in [0.05, 0.1) is 18.1 Å². The van der Waals surface area contributed by atoms with Crippen molar-refractivity contribution in [3.05, 3.63) is 24.2 Å². The number of amides is 1. The zero-order chi connectivity index (χ0) is 15.6. The van der Waals surface area contributed by atoms with Crippen molar-refractivity contribution < 1.29 is 14.3 Å². The molecule has 0 radical (unpaired) electrons. The molecule has 1 aromatic heterocycles. The SMILES string of the molecule is C[C@]1(O)CCCC[C@H]1[C@H]1CCCN1C(=O)CCc1ccoc1. The predicted molar refractivity (Wildman–Crippen MR) is 84.3 cm³/mol. The fourth-order valence-electron chi connectivity index (χ4n) is 4.30. The molecule has 2 heterocycles. The molecule has 0 spiro atoms. The third-order valence-electron chi connectivity index (χ3n) is 5.54. The molecule has 0 unspecified atom stereocenters. The Kier molecular flexibility index (Phi) is 4.57. The minimum Gasteiger partial charge on any atom is -0.472 e. The van der Waals surface area contributed by atoms with Gasteiger partial charge in [-0.15, -0.1) is 0 Å². The molecule has 4 heteroatoms. The first kappa shape index (κ1) is 15.6. The van der Waals surface area contributed by atoms with Crippen LogP contribution in [0.15, 0.2) is 23.0 Å². The van der Waals surface area contributed by atoms with Gasteiger partial charge in [-0.1, -0.05) is 12.8 Å². The molecule has 22 heavy (non-hydrogen) atoms. The van der Waals surface area contributed by atoms with Crippen LogP contribution in [-0.4, -0.2) is 34.1 Å². The highest BCUT2D eigenvalue weighted by Crippen LogP contribution is 2.40. The molecule has 122 valence electrons. The summed E-state index contributed by atoms with van der Waals surface area (Å²) in [5.41, 5.74) is 0.463. The van der Waals surface area contributed by atoms with Crippen LogP contribution in [0.1, 0.15) is 57.4 Å². The van der Waals surface area contributed by atoms with Crippen LogP contribution < -0.4 is 0 Å². The van der Waals surface area contributed by atoms with Gasteiger partial charge in [0.25, 0.3) is 0 Å². The average molecular weight is 305 g/mol. The van der Waals surface area contributed by atoms with Crippen LogP contribution in [0.25, 0.3) is 0 Å². The van der Waals surface area contributed by atoms with Gasteiger partial charge < -0.3 is 14.4 Å². The van der Waals surface area contributed by atoms with Crippen molar-refractivity contribution in [2.75, 3.05) is 6.54 Å². The number of likely N-dealkylation sites (tertiary alicyclic amines) is 1. The third-order valence-corrected chi connectivity index (χ3v) is 5.54. The lowest BCUT2D eigenvalue weighted by atomic mass is 9.72. The predicted octanol–water partition coefficient (Wildman–Crippen LogP) is 3.14. The van der Waals surface area contributed by atoms with Gasteiger partial charge in [0.1, 0.15) is 0 Å². The van der Waals surface area contributed by atoms with Crippen molar-refractivity contribution in [2.45, 2.75) is 69.9 Å². The summed E-state index contributed by atoms with van der Waals surface area (Å²) in [6.45, 7) is 2.81. The first-order valence-corrected chi connectivity index (χ1v) is 8.61. The molecule has 3 atom stereocenters. The van der Waals surface area contributed by atoms with Crippen molar-refractivity contribution >= 4 is 5.91 Å². The summed E-state index contributed by atoms with van der Waals surface area (Å²) in [4.78, 5) is 14.7. The largest absolute Gasteiger partial charge is 0.472 e. The number of hydrogen-bond donors (Lipinski definition) is 1. The molecule has 1 saturated heterocycles. The van der Waals surface area contributed by atoms with E-state index < -0.39 is 5.60 Å². The van der Waals surface area contributed by atoms with Gasteiger partial charge in [-0.2, -0.15) is 0 Å². The van der Waals surface area contributed by atoms with Crippen molar-refractivity contribution in [3.8, 4) is 0 Å². The van der Waals surface area contributed by atoms with E-state index in [0.29, 0.717) is 6.42 Å². The molecule has 2 fully saturated rings. The molecule has 0 bridgehead atoms. The van der Waals surface area contributed by atoms with Gasteiger partial charge in [-0.3, -0.25) is 4.79 Å². The van der Waals surface area contributed by atoms with Crippen molar-refractivity contribution in [1.82, 2.24) is 4.90 Å². The number of carbonyl (C=O) groups excluding carboxylic acids is 1. The van der Waals surface area contributed by atoms with Gasteiger partial charge >= 0.3 is 0 Å². The maximum atomic E-state index is 12.6. The molecule has 2 aliphatic rings. The Hall–Kier alpha value is -1.29. The Morgan fingerprint density at radius 3 is 3.00 bits per heavy atom. The molecular weight excluding hydrogens is 278 g/mol. The van der Waals surface area contributed by atoms with Crippen LogP contribution >= 0.6 is 0 Å². The second-order valence-corrected chi connectivity index (χ2v) is 7.14. The normalized spacial score (nSPS) is 32.4. The summed E-state index contributed by atoms with van der Waals surface area (Å²) in [6.07, 6.45) is 10.9. The summed E-state index contributed by atoms with van der Waals surface area (Å²) < 4.78 is 5.06. The zero-order valence-electron chi connectivity index (χ0n) is 13.5. The van der Waals surface area contributed by atoms with Crippen LogP contribution in [0.5, 0.6) is 0 Å². The molecular formula is C18H27NO3. The Balaban J connectivity index is 1.63. The van der Waals surface area contributed by atoms with Gasteiger partial charge in [-0.05, 0) is 50.7 Å². The van der Waals surface area contributed by atoms with Crippen LogP contribution in [0.4, 0.5) is 0 Å². The zero-order valence-corrected chi connectivity index (χ0v) is 13.5. The fraction of sp³-hybridized carbons (Fsp3) is 0.722. The maximum Gasteiger partial charge on any atom is 0.223 e. The Labute approximate surface area is 132 Å². The first-order valence-electron chi connectivity index (χ1n) is 8.61. The minimum atomic E-state index is -0.615. The number of carbonyl (C=O) groups is 1. The standard InChI is InChI=1S/C18H27NO3/c1-18(21)10-3-2-5-15(18)16-6-4-11-19(16)17(20)8-7-14-9-12-22-13-14/h9,12-13,15-16,21H,2-8,10-11H2,1H3/t15-,16+,18-/m0/s1. The van der Waals surface area contributed by atoms with E-state index in [1.54, 1.807) is 12.5 Å². The van der Waals surface area contributed by atoms with E-state index in [-0.39, 0.29) is 17.9 Å². The highest BCUT2D eigenvalue weighted by Gasteiger charge is 2.44. The Bertz CT molecular complexity index is 494. The lowest BCUT2D eigenvalue weighted by Gasteiger charge is -2.43. The topological polar surface area (TPSA) is 53.7 Å². The molecule has 1 N–H and O–H groups in total. The van der Waals surface area contributed by atoms with Crippen LogP contribution in [0.3, 0.4) is 0 Å². The minimum absolute atomic E-state index is 0.227. The molecule has 0 aromatic carbocycles. The van der Waals surface area contributed by atoms with E-state index in [9.17, 15) is 9.90 Å².